The predicted molar refractivity (Wildman–Crippen MR) is 95.0 cm³/mol. The zero-order valence-electron chi connectivity index (χ0n) is 12.8. The molecule has 0 amide bonds. The van der Waals surface area contributed by atoms with Gasteiger partial charge in [0, 0.05) is 27.5 Å². The summed E-state index contributed by atoms with van der Waals surface area (Å²) < 4.78 is 0. The number of halogens is 2. The molecule has 1 saturated carbocycles. The Bertz CT molecular complexity index is 865. The first kappa shape index (κ1) is 17.4. The highest BCUT2D eigenvalue weighted by atomic mass is 35.5. The topological polar surface area (TPSA) is 86.3 Å². The number of hydrogen-bond acceptors (Lipinski definition) is 4. The zero-order valence-corrected chi connectivity index (χ0v) is 14.3. The Kier molecular flexibility index (Phi) is 4.49. The molecule has 2 aromatic rings. The summed E-state index contributed by atoms with van der Waals surface area (Å²) >= 11 is 11.6. The number of rotatable bonds is 5. The van der Waals surface area contributed by atoms with Gasteiger partial charge in [0.25, 0.3) is 0 Å². The van der Waals surface area contributed by atoms with Gasteiger partial charge in [-0.3, -0.25) is 20.2 Å². The van der Waals surface area contributed by atoms with Crippen molar-refractivity contribution in [2.24, 2.45) is 0 Å². The maximum Gasteiger partial charge on any atom is 0.323 e. The van der Waals surface area contributed by atoms with Gasteiger partial charge < -0.3 is 0 Å². The minimum absolute atomic E-state index is 0.0715. The molecular weight excluding hydrogens is 367 g/mol. The first-order valence-corrected chi connectivity index (χ1v) is 8.12. The Hall–Kier alpha value is -2.44. The van der Waals surface area contributed by atoms with Crippen LogP contribution in [0.3, 0.4) is 0 Å². The SMILES string of the molecule is O=[N+]([O-])/C(=C/c1ccc(Cl)cc1)[C@@]1([N+](=O)[O-])C[C@H]1c1ccc(Cl)cc1. The average molecular weight is 379 g/mol. The van der Waals surface area contributed by atoms with Gasteiger partial charge in [-0.05, 0) is 35.4 Å². The molecule has 0 bridgehead atoms. The monoisotopic (exact) mass is 378 g/mol. The summed E-state index contributed by atoms with van der Waals surface area (Å²) in [6.45, 7) is 0. The molecule has 0 heterocycles. The van der Waals surface area contributed by atoms with Crippen LogP contribution in [-0.2, 0) is 0 Å². The van der Waals surface area contributed by atoms with Crippen molar-refractivity contribution in [1.29, 1.82) is 0 Å². The molecule has 6 nitrogen and oxygen atoms in total. The van der Waals surface area contributed by atoms with E-state index in [2.05, 4.69) is 0 Å². The van der Waals surface area contributed by atoms with Crippen molar-refractivity contribution < 1.29 is 9.85 Å². The fourth-order valence-corrected chi connectivity index (χ4v) is 3.22. The Morgan fingerprint density at radius 3 is 2.00 bits per heavy atom. The van der Waals surface area contributed by atoms with Crippen molar-refractivity contribution in [1.82, 2.24) is 0 Å². The van der Waals surface area contributed by atoms with Crippen molar-refractivity contribution in [2.45, 2.75) is 17.9 Å². The molecule has 0 unspecified atom stereocenters. The lowest BCUT2D eigenvalue weighted by atomic mass is 10.0. The van der Waals surface area contributed by atoms with E-state index in [1.165, 1.54) is 6.08 Å². The van der Waals surface area contributed by atoms with Crippen molar-refractivity contribution in [2.75, 3.05) is 0 Å². The fraction of sp³-hybridized carbons (Fsp3) is 0.176. The van der Waals surface area contributed by atoms with Gasteiger partial charge in [-0.1, -0.05) is 47.5 Å². The minimum atomic E-state index is -1.74. The lowest BCUT2D eigenvalue weighted by molar-refractivity contribution is -0.569. The van der Waals surface area contributed by atoms with E-state index in [9.17, 15) is 20.2 Å². The molecule has 0 aliphatic heterocycles. The van der Waals surface area contributed by atoms with Gasteiger partial charge in [0.05, 0.1) is 10.8 Å². The van der Waals surface area contributed by atoms with Gasteiger partial charge >= 0.3 is 11.2 Å². The van der Waals surface area contributed by atoms with E-state index in [0.29, 0.717) is 21.2 Å². The Balaban J connectivity index is 2.03. The van der Waals surface area contributed by atoms with Crippen LogP contribution < -0.4 is 0 Å². The molecule has 1 aliphatic carbocycles. The Morgan fingerprint density at radius 1 is 1.00 bits per heavy atom. The molecule has 1 fully saturated rings. The third-order valence-corrected chi connectivity index (χ3v) is 4.85. The van der Waals surface area contributed by atoms with E-state index in [0.717, 1.165) is 0 Å². The van der Waals surface area contributed by atoms with E-state index in [-0.39, 0.29) is 6.42 Å². The molecule has 128 valence electrons. The number of nitro groups is 2. The lowest BCUT2D eigenvalue weighted by Gasteiger charge is -2.08. The summed E-state index contributed by atoms with van der Waals surface area (Å²) in [7, 11) is 0. The standard InChI is InChI=1S/C17H12Cl2N2O4/c18-13-5-1-11(2-6-13)9-16(20(22)23)17(21(24)25)10-15(17)12-3-7-14(19)8-4-12/h1-9,15H,10H2/b16-9+/t15-,17+/m0/s1. The van der Waals surface area contributed by atoms with Gasteiger partial charge in [0.1, 0.15) is 0 Å². The molecule has 3 rings (SSSR count). The largest absolute Gasteiger partial charge is 0.323 e. The van der Waals surface area contributed by atoms with Crippen LogP contribution in [0.15, 0.2) is 54.2 Å². The molecule has 25 heavy (non-hydrogen) atoms. The summed E-state index contributed by atoms with van der Waals surface area (Å²) in [5, 5.41) is 24.3. The number of hydrogen-bond donors (Lipinski definition) is 0. The number of benzene rings is 2. The second-order valence-corrected chi connectivity index (χ2v) is 6.70. The van der Waals surface area contributed by atoms with E-state index in [1.807, 2.05) is 0 Å². The van der Waals surface area contributed by atoms with Crippen LogP contribution in [-0.4, -0.2) is 15.4 Å². The Morgan fingerprint density at radius 2 is 1.52 bits per heavy atom. The van der Waals surface area contributed by atoms with Crippen LogP contribution in [0.2, 0.25) is 10.0 Å². The summed E-state index contributed by atoms with van der Waals surface area (Å²) in [6.07, 6.45) is 1.32. The van der Waals surface area contributed by atoms with Crippen LogP contribution in [0.4, 0.5) is 0 Å². The van der Waals surface area contributed by atoms with E-state index in [1.54, 1.807) is 48.5 Å². The highest BCUT2D eigenvalue weighted by Gasteiger charge is 2.74. The molecule has 1 aliphatic rings. The van der Waals surface area contributed by atoms with Gasteiger partial charge in [0.15, 0.2) is 0 Å². The molecule has 0 N–H and O–H groups in total. The van der Waals surface area contributed by atoms with Gasteiger partial charge in [-0.2, -0.15) is 0 Å². The summed E-state index contributed by atoms with van der Waals surface area (Å²) in [4.78, 5) is 22.1. The molecule has 0 spiro atoms. The van der Waals surface area contributed by atoms with Crippen LogP contribution in [0, 0.1) is 20.2 Å². The highest BCUT2D eigenvalue weighted by molar-refractivity contribution is 6.30. The van der Waals surface area contributed by atoms with E-state index < -0.39 is 27.0 Å². The second-order valence-electron chi connectivity index (χ2n) is 5.83. The van der Waals surface area contributed by atoms with Crippen molar-refractivity contribution >= 4 is 29.3 Å². The van der Waals surface area contributed by atoms with Crippen molar-refractivity contribution in [3.05, 3.63) is 95.6 Å². The van der Waals surface area contributed by atoms with Crippen molar-refractivity contribution in [3.63, 3.8) is 0 Å². The van der Waals surface area contributed by atoms with Crippen LogP contribution in [0.25, 0.3) is 6.08 Å². The normalized spacial score (nSPS) is 22.5. The van der Waals surface area contributed by atoms with E-state index in [4.69, 9.17) is 23.2 Å². The van der Waals surface area contributed by atoms with Gasteiger partial charge in [-0.15, -0.1) is 0 Å². The summed E-state index contributed by atoms with van der Waals surface area (Å²) in [5.74, 6) is -0.566. The zero-order chi connectivity index (χ0) is 18.2. The summed E-state index contributed by atoms with van der Waals surface area (Å²) in [5.41, 5.74) is -1.03. The van der Waals surface area contributed by atoms with E-state index >= 15 is 0 Å². The molecule has 0 saturated heterocycles. The first-order valence-electron chi connectivity index (χ1n) is 7.36. The second kappa shape index (κ2) is 6.46. The maximum atomic E-state index is 11.7. The molecule has 2 aromatic carbocycles. The van der Waals surface area contributed by atoms with Crippen LogP contribution in [0.1, 0.15) is 23.5 Å². The number of nitrogens with zero attached hydrogens (tertiary/aromatic N) is 2. The quantitative estimate of drug-likeness (QED) is 0.551. The molecule has 0 aromatic heterocycles. The Labute approximate surface area is 153 Å². The van der Waals surface area contributed by atoms with Gasteiger partial charge in [0.2, 0.25) is 0 Å². The predicted octanol–water partition coefficient (Wildman–Crippen LogP) is 4.81. The fourth-order valence-electron chi connectivity index (χ4n) is 2.97. The third-order valence-electron chi connectivity index (χ3n) is 4.34. The smallest absolute Gasteiger partial charge is 0.263 e. The third kappa shape index (κ3) is 3.23. The van der Waals surface area contributed by atoms with Crippen LogP contribution in [0.5, 0.6) is 0 Å². The van der Waals surface area contributed by atoms with Crippen LogP contribution >= 0.6 is 23.2 Å². The molecule has 0 radical (unpaired) electrons. The molecular formula is C17H12Cl2N2O4. The highest BCUT2D eigenvalue weighted by Crippen LogP contribution is 2.58. The van der Waals surface area contributed by atoms with Crippen molar-refractivity contribution in [3.8, 4) is 0 Å². The minimum Gasteiger partial charge on any atom is -0.263 e. The molecule has 8 heteroatoms. The molecule has 2 atom stereocenters. The van der Waals surface area contributed by atoms with Gasteiger partial charge in [-0.25, -0.2) is 0 Å². The first-order chi connectivity index (χ1) is 11.8. The average Bonchev–Trinajstić information content (AvgIpc) is 3.31. The summed E-state index contributed by atoms with van der Waals surface area (Å²) in [6, 6.07) is 12.9. The lowest BCUT2D eigenvalue weighted by Crippen LogP contribution is -2.30. The maximum absolute atomic E-state index is 11.7.